The van der Waals surface area contributed by atoms with Gasteiger partial charge < -0.3 is 5.11 Å². The minimum Gasteiger partial charge on any atom is -0.506 e. The smallest absolute Gasteiger partial charge is 0.437 e. The lowest BCUT2D eigenvalue weighted by Gasteiger charge is -2.10. The molecule has 0 bridgehead atoms. The van der Waals surface area contributed by atoms with Crippen LogP contribution >= 0.6 is 34.8 Å². The van der Waals surface area contributed by atoms with E-state index in [0.717, 1.165) is 6.07 Å². The van der Waals surface area contributed by atoms with Gasteiger partial charge in [0.1, 0.15) is 5.75 Å². The highest BCUT2D eigenvalue weighted by Crippen LogP contribution is 2.38. The Balaban J connectivity index is 2.60. The molecule has 106 valence electrons. The monoisotopic (exact) mass is 341 g/mol. The summed E-state index contributed by atoms with van der Waals surface area (Å²) in [6, 6.07) is 4.81. The summed E-state index contributed by atoms with van der Waals surface area (Å²) in [4.78, 5) is 3.39. The van der Waals surface area contributed by atoms with Crippen molar-refractivity contribution in [3.63, 3.8) is 0 Å². The molecule has 2 rings (SSSR count). The van der Waals surface area contributed by atoms with Gasteiger partial charge in [0, 0.05) is 5.56 Å². The molecule has 0 radical (unpaired) electrons. The van der Waals surface area contributed by atoms with Crippen molar-refractivity contribution >= 4 is 34.8 Å². The summed E-state index contributed by atoms with van der Waals surface area (Å²) in [7, 11) is 0. The van der Waals surface area contributed by atoms with Crippen molar-refractivity contribution in [2.45, 2.75) is 6.18 Å². The van der Waals surface area contributed by atoms with E-state index in [0.29, 0.717) is 0 Å². The summed E-state index contributed by atoms with van der Waals surface area (Å²) in [5.74, 6) is -0.951. The number of pyridine rings is 1. The zero-order chi connectivity index (χ0) is 15.1. The number of rotatable bonds is 1. The van der Waals surface area contributed by atoms with Gasteiger partial charge >= 0.3 is 6.18 Å². The van der Waals surface area contributed by atoms with Crippen LogP contribution in [0.1, 0.15) is 5.69 Å². The van der Waals surface area contributed by atoms with Crippen LogP contribution in [0, 0.1) is 0 Å². The molecule has 0 amide bonds. The van der Waals surface area contributed by atoms with E-state index in [1.807, 2.05) is 0 Å². The molecule has 0 unspecified atom stereocenters. The van der Waals surface area contributed by atoms with E-state index in [1.54, 1.807) is 0 Å². The molecule has 0 aliphatic heterocycles. The Hall–Kier alpha value is -1.17. The van der Waals surface area contributed by atoms with E-state index < -0.39 is 17.6 Å². The summed E-state index contributed by atoms with van der Waals surface area (Å²) in [5.41, 5.74) is -1.15. The van der Waals surface area contributed by atoms with Gasteiger partial charge in [-0.3, -0.25) is 0 Å². The van der Waals surface area contributed by atoms with Gasteiger partial charge in [-0.25, -0.2) is 4.98 Å². The molecular formula is C12H5Cl3F3NO. The van der Waals surface area contributed by atoms with Crippen molar-refractivity contribution in [2.75, 3.05) is 0 Å². The molecule has 0 saturated heterocycles. The van der Waals surface area contributed by atoms with Gasteiger partial charge in [0.15, 0.2) is 5.69 Å². The fourth-order valence-corrected chi connectivity index (χ4v) is 2.12. The number of aromatic hydroxyl groups is 1. The molecule has 0 aliphatic rings. The molecule has 2 nitrogen and oxygen atoms in total. The van der Waals surface area contributed by atoms with E-state index in [4.69, 9.17) is 34.8 Å². The Morgan fingerprint density at radius 2 is 1.55 bits per heavy atom. The fourth-order valence-electron chi connectivity index (χ4n) is 1.52. The maximum Gasteiger partial charge on any atom is 0.437 e. The molecule has 1 aromatic heterocycles. The Bertz CT molecular complexity index is 650. The number of halogens is 6. The summed E-state index contributed by atoms with van der Waals surface area (Å²) >= 11 is 17.4. The maximum absolute atomic E-state index is 12.7. The lowest BCUT2D eigenvalue weighted by atomic mass is 10.1. The van der Waals surface area contributed by atoms with Crippen LogP contribution in [0.5, 0.6) is 5.75 Å². The lowest BCUT2D eigenvalue weighted by molar-refractivity contribution is -0.142. The van der Waals surface area contributed by atoms with E-state index >= 15 is 0 Å². The second-order valence-corrected chi connectivity index (χ2v) is 5.01. The molecule has 2 aromatic rings. The van der Waals surface area contributed by atoms with Crippen LogP contribution in [0.25, 0.3) is 11.3 Å². The first-order valence-electron chi connectivity index (χ1n) is 5.12. The Morgan fingerprint density at radius 1 is 1.00 bits per heavy atom. The molecule has 20 heavy (non-hydrogen) atoms. The lowest BCUT2D eigenvalue weighted by Crippen LogP contribution is -2.08. The summed E-state index contributed by atoms with van der Waals surface area (Å²) in [6.45, 7) is 0. The third-order valence-corrected chi connectivity index (χ3v) is 3.62. The van der Waals surface area contributed by atoms with Gasteiger partial charge in [-0.15, -0.1) is 0 Å². The van der Waals surface area contributed by atoms with E-state index in [2.05, 4.69) is 4.98 Å². The average Bonchev–Trinajstić information content (AvgIpc) is 2.34. The van der Waals surface area contributed by atoms with Gasteiger partial charge in [-0.1, -0.05) is 34.8 Å². The summed E-state index contributed by atoms with van der Waals surface area (Å²) in [5, 5.41) is 9.51. The number of hydrogen-bond donors (Lipinski definition) is 1. The first-order valence-corrected chi connectivity index (χ1v) is 6.25. The number of benzene rings is 1. The first-order chi connectivity index (χ1) is 9.20. The molecule has 0 atom stereocenters. The van der Waals surface area contributed by atoms with E-state index in [9.17, 15) is 18.3 Å². The predicted molar refractivity (Wildman–Crippen MR) is 71.4 cm³/mol. The van der Waals surface area contributed by atoms with Crippen LogP contribution in [0.4, 0.5) is 13.2 Å². The molecule has 0 aliphatic carbocycles. The van der Waals surface area contributed by atoms with Gasteiger partial charge in [0.25, 0.3) is 0 Å². The Labute approximate surface area is 126 Å². The standard InChI is InChI=1S/C12H5Cl3F3NO/c13-6-3-5(4-7(14)10(6)15)8-1-2-9(20)11(19-8)12(16,17)18/h1-4,20H. The molecule has 1 N–H and O–H groups in total. The first kappa shape index (κ1) is 15.2. The van der Waals surface area contributed by atoms with Crippen molar-refractivity contribution in [3.8, 4) is 17.0 Å². The highest BCUT2D eigenvalue weighted by atomic mass is 35.5. The molecule has 0 spiro atoms. The number of aromatic nitrogens is 1. The van der Waals surface area contributed by atoms with Crippen LogP contribution in [-0.2, 0) is 6.18 Å². The van der Waals surface area contributed by atoms with Gasteiger partial charge in [0.2, 0.25) is 0 Å². The van der Waals surface area contributed by atoms with Crippen LogP contribution < -0.4 is 0 Å². The third kappa shape index (κ3) is 2.95. The third-order valence-electron chi connectivity index (χ3n) is 2.42. The highest BCUT2D eigenvalue weighted by molar-refractivity contribution is 6.48. The molecule has 0 fully saturated rings. The number of hydrogen-bond acceptors (Lipinski definition) is 2. The van der Waals surface area contributed by atoms with Gasteiger partial charge in [-0.05, 0) is 24.3 Å². The molecular weight excluding hydrogens is 337 g/mol. The van der Waals surface area contributed by atoms with Crippen LogP contribution in [0.15, 0.2) is 24.3 Å². The minimum atomic E-state index is -4.76. The Kier molecular flexibility index (Phi) is 4.04. The van der Waals surface area contributed by atoms with Gasteiger partial charge in [0.05, 0.1) is 20.8 Å². The van der Waals surface area contributed by atoms with Crippen LogP contribution in [0.3, 0.4) is 0 Å². The minimum absolute atomic E-state index is 0.0319. The Morgan fingerprint density at radius 3 is 2.05 bits per heavy atom. The maximum atomic E-state index is 12.7. The van der Waals surface area contributed by atoms with Crippen molar-refractivity contribution < 1.29 is 18.3 Å². The fraction of sp³-hybridized carbons (Fsp3) is 0.0833. The molecule has 0 saturated carbocycles. The summed E-state index contributed by atoms with van der Waals surface area (Å²) < 4.78 is 38.0. The second kappa shape index (κ2) is 5.31. The number of alkyl halides is 3. The topological polar surface area (TPSA) is 33.1 Å². The van der Waals surface area contributed by atoms with Crippen LogP contribution in [0.2, 0.25) is 15.1 Å². The van der Waals surface area contributed by atoms with Crippen LogP contribution in [-0.4, -0.2) is 10.1 Å². The van der Waals surface area contributed by atoms with Crippen molar-refractivity contribution in [2.24, 2.45) is 0 Å². The predicted octanol–water partition coefficient (Wildman–Crippen LogP) is 5.43. The highest BCUT2D eigenvalue weighted by Gasteiger charge is 2.36. The second-order valence-electron chi connectivity index (χ2n) is 3.82. The largest absolute Gasteiger partial charge is 0.506 e. The zero-order valence-corrected chi connectivity index (χ0v) is 11.7. The molecule has 8 heteroatoms. The number of nitrogens with zero attached hydrogens (tertiary/aromatic N) is 1. The summed E-state index contributed by atoms with van der Waals surface area (Å²) in [6.07, 6.45) is -4.76. The average molecular weight is 343 g/mol. The van der Waals surface area contributed by atoms with Crippen molar-refractivity contribution in [1.29, 1.82) is 0 Å². The van der Waals surface area contributed by atoms with E-state index in [1.165, 1.54) is 18.2 Å². The quantitative estimate of drug-likeness (QED) is 0.701. The normalized spacial score (nSPS) is 11.7. The van der Waals surface area contributed by atoms with Gasteiger partial charge in [-0.2, -0.15) is 13.2 Å². The van der Waals surface area contributed by atoms with Crippen molar-refractivity contribution in [3.05, 3.63) is 45.0 Å². The molecule has 1 heterocycles. The zero-order valence-electron chi connectivity index (χ0n) is 9.47. The van der Waals surface area contributed by atoms with Crippen molar-refractivity contribution in [1.82, 2.24) is 4.98 Å². The SMILES string of the molecule is Oc1ccc(-c2cc(Cl)c(Cl)c(Cl)c2)nc1C(F)(F)F. The molecule has 1 aromatic carbocycles. The van der Waals surface area contributed by atoms with E-state index in [-0.39, 0.29) is 26.3 Å².